The van der Waals surface area contributed by atoms with Crippen LogP contribution in [0.25, 0.3) is 0 Å². The Hall–Kier alpha value is -2.43. The second-order valence-electron chi connectivity index (χ2n) is 3.17. The molecule has 0 saturated carbocycles. The van der Waals surface area contributed by atoms with Crippen LogP contribution < -0.4 is 4.72 Å². The molecule has 0 unspecified atom stereocenters. The summed E-state index contributed by atoms with van der Waals surface area (Å²) in [6.45, 7) is 1.50. The lowest BCUT2D eigenvalue weighted by Crippen LogP contribution is -2.16. The number of aryl methyl sites for hydroxylation is 1. The minimum absolute atomic E-state index is 0.232. The van der Waals surface area contributed by atoms with Crippen LogP contribution in [0.5, 0.6) is 0 Å². The van der Waals surface area contributed by atoms with E-state index in [0.29, 0.717) is 0 Å². The van der Waals surface area contributed by atoms with Gasteiger partial charge < -0.3 is 9.63 Å². The van der Waals surface area contributed by atoms with Crippen LogP contribution in [0.4, 0.5) is 6.01 Å². The van der Waals surface area contributed by atoms with Crippen LogP contribution in [0.2, 0.25) is 0 Å². The van der Waals surface area contributed by atoms with E-state index in [4.69, 9.17) is 5.11 Å². The van der Waals surface area contributed by atoms with Gasteiger partial charge in [-0.05, 0) is 6.92 Å². The Kier molecular flexibility index (Phi) is 2.74. The predicted molar refractivity (Wildman–Crippen MR) is 55.4 cm³/mol. The third kappa shape index (κ3) is 2.15. The van der Waals surface area contributed by atoms with Crippen LogP contribution in [0.3, 0.4) is 0 Å². The maximum absolute atomic E-state index is 11.8. The van der Waals surface area contributed by atoms with Gasteiger partial charge in [0.2, 0.25) is 0 Å². The Bertz CT molecular complexity index is 687. The molecule has 2 aromatic heterocycles. The number of carboxylic acid groups (broad SMARTS) is 1. The van der Waals surface area contributed by atoms with E-state index in [-0.39, 0.29) is 11.8 Å². The van der Waals surface area contributed by atoms with Crippen molar-refractivity contribution in [3.05, 3.63) is 17.6 Å². The maximum atomic E-state index is 11.8. The van der Waals surface area contributed by atoms with Crippen LogP contribution in [0.1, 0.15) is 16.2 Å². The summed E-state index contributed by atoms with van der Waals surface area (Å²) in [6.07, 6.45) is 0.885. The predicted octanol–water partition coefficient (Wildman–Crippen LogP) is -0.400. The van der Waals surface area contributed by atoms with E-state index in [1.165, 1.54) is 6.92 Å². The fraction of sp³-hybridized carbons (Fsp3) is 0.143. The Morgan fingerprint density at radius 2 is 2.28 bits per heavy atom. The Morgan fingerprint density at radius 1 is 1.56 bits per heavy atom. The van der Waals surface area contributed by atoms with Gasteiger partial charge in [-0.3, -0.25) is 5.10 Å². The van der Waals surface area contributed by atoms with Crippen molar-refractivity contribution in [1.29, 1.82) is 0 Å². The molecule has 11 heteroatoms. The van der Waals surface area contributed by atoms with Gasteiger partial charge in [-0.2, -0.15) is 18.5 Å². The quantitative estimate of drug-likeness (QED) is 0.680. The van der Waals surface area contributed by atoms with Gasteiger partial charge in [0.1, 0.15) is 5.56 Å². The standard InChI is InChI=1S/C7H7N5O5S/c1-3-9-7(17-11-3)12-18(15,16)5-4(6(13)14)2-8-10-5/h2H,1H3,(H,8,10)(H,13,14)(H,9,11,12). The van der Waals surface area contributed by atoms with Crippen molar-refractivity contribution in [2.45, 2.75) is 11.9 Å². The van der Waals surface area contributed by atoms with Crippen molar-refractivity contribution in [2.75, 3.05) is 4.72 Å². The van der Waals surface area contributed by atoms with Crippen molar-refractivity contribution in [2.24, 2.45) is 0 Å². The molecule has 2 heterocycles. The number of carbonyl (C=O) groups is 1. The van der Waals surface area contributed by atoms with E-state index < -0.39 is 26.6 Å². The zero-order valence-corrected chi connectivity index (χ0v) is 9.72. The normalized spacial score (nSPS) is 11.4. The van der Waals surface area contributed by atoms with Crippen LogP contribution in [-0.2, 0) is 10.0 Å². The lowest BCUT2D eigenvalue weighted by molar-refractivity contribution is 0.0692. The van der Waals surface area contributed by atoms with Crippen LogP contribution in [0, 0.1) is 6.92 Å². The monoisotopic (exact) mass is 273 g/mol. The molecule has 0 atom stereocenters. The third-order valence-electron chi connectivity index (χ3n) is 1.85. The number of H-pyrrole nitrogens is 1. The molecule has 0 radical (unpaired) electrons. The van der Waals surface area contributed by atoms with E-state index in [0.717, 1.165) is 6.20 Å². The van der Waals surface area contributed by atoms with E-state index in [2.05, 4.69) is 24.9 Å². The molecule has 0 saturated heterocycles. The first-order chi connectivity index (χ1) is 8.40. The SMILES string of the molecule is Cc1noc(NS(=O)(=O)c2[nH]ncc2C(=O)O)n1. The third-order valence-corrected chi connectivity index (χ3v) is 3.14. The zero-order valence-electron chi connectivity index (χ0n) is 8.91. The summed E-state index contributed by atoms with van der Waals surface area (Å²) in [6, 6.07) is -0.363. The van der Waals surface area contributed by atoms with Gasteiger partial charge >= 0.3 is 12.0 Å². The van der Waals surface area contributed by atoms with Gasteiger partial charge in [-0.25, -0.2) is 9.52 Å². The number of aromatic carboxylic acids is 1. The average Bonchev–Trinajstić information content (AvgIpc) is 2.86. The van der Waals surface area contributed by atoms with E-state index in [1.807, 2.05) is 4.72 Å². The molecule has 0 aliphatic heterocycles. The summed E-state index contributed by atoms with van der Waals surface area (Å²) in [5.74, 6) is -1.19. The zero-order chi connectivity index (χ0) is 13.3. The molecular formula is C7H7N5O5S. The number of nitrogens with one attached hydrogen (secondary N) is 2. The summed E-state index contributed by atoms with van der Waals surface area (Å²) in [5.41, 5.74) is -0.487. The van der Waals surface area contributed by atoms with Gasteiger partial charge in [-0.15, -0.1) is 0 Å². The lowest BCUT2D eigenvalue weighted by Gasteiger charge is -2.01. The van der Waals surface area contributed by atoms with Crippen molar-refractivity contribution >= 4 is 22.0 Å². The molecule has 0 amide bonds. The summed E-state index contributed by atoms with van der Waals surface area (Å²) in [4.78, 5) is 14.4. The molecular weight excluding hydrogens is 266 g/mol. The van der Waals surface area contributed by atoms with Gasteiger partial charge in [0, 0.05) is 0 Å². The summed E-state index contributed by atoms with van der Waals surface area (Å²) < 4.78 is 30.1. The summed E-state index contributed by atoms with van der Waals surface area (Å²) in [5, 5.41) is 17.0. The number of hydrogen-bond donors (Lipinski definition) is 3. The molecule has 0 spiro atoms. The molecule has 96 valence electrons. The Balaban J connectivity index is 2.37. The first kappa shape index (κ1) is 12.0. The molecule has 0 aliphatic carbocycles. The van der Waals surface area contributed by atoms with Gasteiger partial charge in [0.25, 0.3) is 10.0 Å². The number of aromatic amines is 1. The number of aromatic nitrogens is 4. The van der Waals surface area contributed by atoms with Crippen molar-refractivity contribution in [1.82, 2.24) is 20.3 Å². The topological polar surface area (TPSA) is 151 Å². The van der Waals surface area contributed by atoms with Crippen LogP contribution in [-0.4, -0.2) is 39.8 Å². The molecule has 10 nitrogen and oxygen atoms in total. The number of rotatable bonds is 4. The molecule has 0 aliphatic rings. The first-order valence-electron chi connectivity index (χ1n) is 4.50. The minimum Gasteiger partial charge on any atom is -0.478 e. The van der Waals surface area contributed by atoms with Crippen LogP contribution >= 0.6 is 0 Å². The number of sulfonamides is 1. The molecule has 0 fully saturated rings. The van der Waals surface area contributed by atoms with Gasteiger partial charge in [0.15, 0.2) is 10.9 Å². The number of nitrogens with zero attached hydrogens (tertiary/aromatic N) is 3. The summed E-state index contributed by atoms with van der Waals surface area (Å²) in [7, 11) is -4.18. The maximum Gasteiger partial charge on any atom is 0.340 e. The van der Waals surface area contributed by atoms with Crippen molar-refractivity contribution < 1.29 is 22.8 Å². The molecule has 0 aromatic carbocycles. The fourth-order valence-corrected chi connectivity index (χ4v) is 2.15. The number of carboxylic acids is 1. The lowest BCUT2D eigenvalue weighted by atomic mass is 10.4. The number of hydrogen-bond acceptors (Lipinski definition) is 7. The van der Waals surface area contributed by atoms with Crippen molar-refractivity contribution in [3.8, 4) is 0 Å². The van der Waals surface area contributed by atoms with E-state index in [9.17, 15) is 13.2 Å². The molecule has 2 aromatic rings. The fourth-order valence-electron chi connectivity index (χ4n) is 1.14. The molecule has 2 rings (SSSR count). The molecule has 0 bridgehead atoms. The van der Waals surface area contributed by atoms with Gasteiger partial charge in [0.05, 0.1) is 6.20 Å². The first-order valence-corrected chi connectivity index (χ1v) is 5.98. The summed E-state index contributed by atoms with van der Waals surface area (Å²) >= 11 is 0. The van der Waals surface area contributed by atoms with E-state index >= 15 is 0 Å². The van der Waals surface area contributed by atoms with Crippen LogP contribution in [0.15, 0.2) is 15.7 Å². The highest BCUT2D eigenvalue weighted by molar-refractivity contribution is 7.92. The van der Waals surface area contributed by atoms with Gasteiger partial charge in [-0.1, -0.05) is 5.16 Å². The highest BCUT2D eigenvalue weighted by Gasteiger charge is 2.26. The smallest absolute Gasteiger partial charge is 0.340 e. The highest BCUT2D eigenvalue weighted by atomic mass is 32.2. The van der Waals surface area contributed by atoms with E-state index in [1.54, 1.807) is 0 Å². The second-order valence-corrected chi connectivity index (χ2v) is 4.79. The highest BCUT2D eigenvalue weighted by Crippen LogP contribution is 2.15. The largest absolute Gasteiger partial charge is 0.478 e. The minimum atomic E-state index is -4.18. The molecule has 3 N–H and O–H groups in total. The second kappa shape index (κ2) is 4.10. The average molecular weight is 273 g/mol. The Labute approximate surface area is 100 Å². The Morgan fingerprint density at radius 3 is 2.83 bits per heavy atom. The number of anilines is 1. The van der Waals surface area contributed by atoms with Crippen molar-refractivity contribution in [3.63, 3.8) is 0 Å². The molecule has 18 heavy (non-hydrogen) atoms.